The molecule has 1 saturated heterocycles. The van der Waals surface area contributed by atoms with Gasteiger partial charge in [-0.1, -0.05) is 0 Å². The quantitative estimate of drug-likeness (QED) is 0.739. The van der Waals surface area contributed by atoms with E-state index in [9.17, 15) is 17.6 Å². The molecule has 1 atom stereocenters. The number of ether oxygens (including phenoxy) is 1. The molecule has 25 heavy (non-hydrogen) atoms. The summed E-state index contributed by atoms with van der Waals surface area (Å²) in [6.07, 6.45) is 1.20. The minimum absolute atomic E-state index is 0. The highest BCUT2D eigenvalue weighted by Gasteiger charge is 2.33. The topological polar surface area (TPSA) is 102 Å². The van der Waals surface area contributed by atoms with Gasteiger partial charge in [-0.25, -0.2) is 12.8 Å². The molecule has 0 bridgehead atoms. The summed E-state index contributed by atoms with van der Waals surface area (Å²) in [7, 11) is -2.55. The molecule has 0 radical (unpaired) electrons. The standard InChI is InChI=1S/C15H22FN3O4S.ClH/c1-23-14-9-12(4-5-13(14)16)24(21,22)19-8-2-3-11(10-19)15(20)18-7-6-17;/h4-5,9,11H,2-3,6-8,10,17H2,1H3,(H,18,20);1H. The molecule has 0 saturated carbocycles. The Kier molecular flexibility index (Phi) is 8.07. The number of nitrogens with two attached hydrogens (primary N) is 1. The normalized spacial score (nSPS) is 18.3. The highest BCUT2D eigenvalue weighted by Crippen LogP contribution is 2.27. The van der Waals surface area contributed by atoms with Crippen LogP contribution in [0.25, 0.3) is 0 Å². The monoisotopic (exact) mass is 395 g/mol. The summed E-state index contributed by atoms with van der Waals surface area (Å²) in [6, 6.07) is 3.41. The number of sulfonamides is 1. The molecule has 2 rings (SSSR count). The molecule has 0 aliphatic carbocycles. The maximum atomic E-state index is 13.5. The van der Waals surface area contributed by atoms with Gasteiger partial charge in [-0.15, -0.1) is 12.4 Å². The predicted octanol–water partition coefficient (Wildman–Crippen LogP) is 0.732. The van der Waals surface area contributed by atoms with Crippen LogP contribution in [0.1, 0.15) is 12.8 Å². The average molecular weight is 396 g/mol. The second kappa shape index (κ2) is 9.33. The lowest BCUT2D eigenvalue weighted by Crippen LogP contribution is -2.46. The lowest BCUT2D eigenvalue weighted by atomic mass is 9.99. The van der Waals surface area contributed by atoms with Gasteiger partial charge in [0, 0.05) is 32.2 Å². The zero-order valence-corrected chi connectivity index (χ0v) is 15.5. The van der Waals surface area contributed by atoms with Gasteiger partial charge in [-0.3, -0.25) is 4.79 Å². The number of piperidine rings is 1. The van der Waals surface area contributed by atoms with E-state index in [1.807, 2.05) is 0 Å². The summed E-state index contributed by atoms with van der Waals surface area (Å²) in [6.45, 7) is 1.11. The third-order valence-corrected chi connectivity index (χ3v) is 5.82. The Labute approximate surface area is 153 Å². The summed E-state index contributed by atoms with van der Waals surface area (Å²) in [5, 5.41) is 2.68. The van der Waals surface area contributed by atoms with E-state index in [0.29, 0.717) is 32.5 Å². The number of carbonyl (C=O) groups is 1. The second-order valence-electron chi connectivity index (χ2n) is 5.58. The molecule has 1 aliphatic rings. The largest absolute Gasteiger partial charge is 0.494 e. The van der Waals surface area contributed by atoms with E-state index in [4.69, 9.17) is 10.5 Å². The molecule has 0 spiro atoms. The number of rotatable bonds is 6. The van der Waals surface area contributed by atoms with E-state index in [0.717, 1.165) is 12.1 Å². The number of halogens is 2. The van der Waals surface area contributed by atoms with E-state index in [1.165, 1.54) is 17.5 Å². The van der Waals surface area contributed by atoms with Crippen LogP contribution in [0.4, 0.5) is 4.39 Å². The number of nitrogens with zero attached hydrogens (tertiary/aromatic N) is 1. The molecule has 1 aromatic carbocycles. The maximum Gasteiger partial charge on any atom is 0.243 e. The molecule has 1 amide bonds. The van der Waals surface area contributed by atoms with Gasteiger partial charge < -0.3 is 15.8 Å². The van der Waals surface area contributed by atoms with Crippen LogP contribution < -0.4 is 15.8 Å². The molecule has 10 heteroatoms. The number of carbonyl (C=O) groups excluding carboxylic acids is 1. The van der Waals surface area contributed by atoms with E-state index in [-0.39, 0.29) is 35.5 Å². The molecule has 1 heterocycles. The van der Waals surface area contributed by atoms with Crippen molar-refractivity contribution >= 4 is 28.3 Å². The van der Waals surface area contributed by atoms with Crippen LogP contribution in [-0.2, 0) is 14.8 Å². The van der Waals surface area contributed by atoms with Crippen molar-refractivity contribution in [3.63, 3.8) is 0 Å². The van der Waals surface area contributed by atoms with E-state index < -0.39 is 21.8 Å². The summed E-state index contributed by atoms with van der Waals surface area (Å²) in [5.74, 6) is -1.38. The number of benzene rings is 1. The van der Waals surface area contributed by atoms with Gasteiger partial charge in [0.05, 0.1) is 17.9 Å². The SMILES string of the molecule is COc1cc(S(=O)(=O)N2CCCC(C(=O)NCCN)C2)ccc1F.Cl. The molecule has 0 aromatic heterocycles. The molecule has 1 fully saturated rings. The van der Waals surface area contributed by atoms with Crippen molar-refractivity contribution in [1.29, 1.82) is 0 Å². The van der Waals surface area contributed by atoms with Crippen LogP contribution >= 0.6 is 12.4 Å². The molecule has 7 nitrogen and oxygen atoms in total. The second-order valence-corrected chi connectivity index (χ2v) is 7.52. The minimum atomic E-state index is -3.82. The number of methoxy groups -OCH3 is 1. The predicted molar refractivity (Wildman–Crippen MR) is 93.7 cm³/mol. The Morgan fingerprint density at radius 1 is 1.48 bits per heavy atom. The molecular weight excluding hydrogens is 373 g/mol. The van der Waals surface area contributed by atoms with Crippen LogP contribution in [0.3, 0.4) is 0 Å². The van der Waals surface area contributed by atoms with Crippen molar-refractivity contribution in [2.24, 2.45) is 11.7 Å². The number of nitrogens with one attached hydrogen (secondary N) is 1. The fourth-order valence-electron chi connectivity index (χ4n) is 2.66. The van der Waals surface area contributed by atoms with Crippen LogP contribution in [-0.4, -0.2) is 51.9 Å². The fraction of sp³-hybridized carbons (Fsp3) is 0.533. The smallest absolute Gasteiger partial charge is 0.243 e. The van der Waals surface area contributed by atoms with Gasteiger partial charge in [0.2, 0.25) is 15.9 Å². The van der Waals surface area contributed by atoms with E-state index in [1.54, 1.807) is 0 Å². The van der Waals surface area contributed by atoms with E-state index in [2.05, 4.69) is 5.32 Å². The van der Waals surface area contributed by atoms with Crippen molar-refractivity contribution in [3.05, 3.63) is 24.0 Å². The molecular formula is C15H23ClFN3O4S. The fourth-order valence-corrected chi connectivity index (χ4v) is 4.20. The number of hydrogen-bond acceptors (Lipinski definition) is 5. The van der Waals surface area contributed by atoms with Gasteiger partial charge in [0.25, 0.3) is 0 Å². The van der Waals surface area contributed by atoms with Gasteiger partial charge in [-0.2, -0.15) is 4.31 Å². The van der Waals surface area contributed by atoms with Gasteiger partial charge >= 0.3 is 0 Å². The maximum absolute atomic E-state index is 13.5. The van der Waals surface area contributed by atoms with Crippen molar-refractivity contribution in [3.8, 4) is 5.75 Å². The lowest BCUT2D eigenvalue weighted by molar-refractivity contribution is -0.126. The molecule has 142 valence electrons. The van der Waals surface area contributed by atoms with Gasteiger partial charge in [0.1, 0.15) is 0 Å². The average Bonchev–Trinajstić information content (AvgIpc) is 2.60. The first-order chi connectivity index (χ1) is 11.4. The summed E-state index contributed by atoms with van der Waals surface area (Å²) >= 11 is 0. The van der Waals surface area contributed by atoms with Crippen molar-refractivity contribution in [2.75, 3.05) is 33.3 Å². The van der Waals surface area contributed by atoms with Gasteiger partial charge in [0.15, 0.2) is 11.6 Å². The Hall–Kier alpha value is -1.42. The highest BCUT2D eigenvalue weighted by molar-refractivity contribution is 7.89. The molecule has 1 aromatic rings. The Balaban J connectivity index is 0.00000312. The number of amides is 1. The summed E-state index contributed by atoms with van der Waals surface area (Å²) in [5.41, 5.74) is 5.35. The first kappa shape index (κ1) is 21.6. The van der Waals surface area contributed by atoms with Crippen molar-refractivity contribution < 1.29 is 22.3 Å². The van der Waals surface area contributed by atoms with Crippen LogP contribution in [0, 0.1) is 11.7 Å². The minimum Gasteiger partial charge on any atom is -0.494 e. The Morgan fingerprint density at radius 2 is 2.20 bits per heavy atom. The lowest BCUT2D eigenvalue weighted by Gasteiger charge is -2.31. The molecule has 3 N–H and O–H groups in total. The first-order valence-electron chi connectivity index (χ1n) is 7.71. The number of hydrogen-bond donors (Lipinski definition) is 2. The van der Waals surface area contributed by atoms with Crippen LogP contribution in [0.5, 0.6) is 5.75 Å². The van der Waals surface area contributed by atoms with Crippen molar-refractivity contribution in [1.82, 2.24) is 9.62 Å². The van der Waals surface area contributed by atoms with E-state index >= 15 is 0 Å². The molecule has 1 unspecified atom stereocenters. The Morgan fingerprint density at radius 3 is 2.84 bits per heavy atom. The highest BCUT2D eigenvalue weighted by atomic mass is 35.5. The summed E-state index contributed by atoms with van der Waals surface area (Å²) < 4.78 is 45.1. The zero-order valence-electron chi connectivity index (χ0n) is 13.9. The third kappa shape index (κ3) is 5.04. The Bertz CT molecular complexity index is 702. The molecule has 1 aliphatic heterocycles. The van der Waals surface area contributed by atoms with Crippen LogP contribution in [0.2, 0.25) is 0 Å². The van der Waals surface area contributed by atoms with Gasteiger partial charge in [-0.05, 0) is 25.0 Å². The zero-order chi connectivity index (χ0) is 17.7. The summed E-state index contributed by atoms with van der Waals surface area (Å²) in [4.78, 5) is 12.0. The first-order valence-corrected chi connectivity index (χ1v) is 9.15. The van der Waals surface area contributed by atoms with Crippen molar-refractivity contribution in [2.45, 2.75) is 17.7 Å². The van der Waals surface area contributed by atoms with Crippen LogP contribution in [0.15, 0.2) is 23.1 Å². The third-order valence-electron chi connectivity index (χ3n) is 3.96.